The number of hydrogen-bond donors (Lipinski definition) is 0. The quantitative estimate of drug-likeness (QED) is 0.788. The number of aromatic nitrogens is 1. The summed E-state index contributed by atoms with van der Waals surface area (Å²) in [5.74, 6) is 0.164. The SMILES string of the molecule is CC1CCCCCN1c1nc(C(F)(F)F)ccc1C#N. The largest absolute Gasteiger partial charge is 0.433 e. The lowest BCUT2D eigenvalue weighted by atomic mass is 10.1. The monoisotopic (exact) mass is 283 g/mol. The number of pyridine rings is 1. The molecule has 0 amide bonds. The van der Waals surface area contributed by atoms with Crippen LogP contribution >= 0.6 is 0 Å². The number of anilines is 1. The predicted octanol–water partition coefficient (Wildman–Crippen LogP) is 3.74. The lowest BCUT2D eigenvalue weighted by Crippen LogP contribution is -2.34. The Morgan fingerprint density at radius 3 is 2.70 bits per heavy atom. The van der Waals surface area contributed by atoms with E-state index in [0.29, 0.717) is 6.54 Å². The van der Waals surface area contributed by atoms with Gasteiger partial charge in [0.15, 0.2) is 0 Å². The van der Waals surface area contributed by atoms with Gasteiger partial charge in [0.2, 0.25) is 0 Å². The maximum Gasteiger partial charge on any atom is 0.433 e. The van der Waals surface area contributed by atoms with E-state index in [4.69, 9.17) is 5.26 Å². The highest BCUT2D eigenvalue weighted by Crippen LogP contribution is 2.32. The second kappa shape index (κ2) is 5.70. The zero-order valence-electron chi connectivity index (χ0n) is 11.2. The summed E-state index contributed by atoms with van der Waals surface area (Å²) in [5, 5.41) is 9.10. The van der Waals surface area contributed by atoms with E-state index in [9.17, 15) is 13.2 Å². The topological polar surface area (TPSA) is 39.9 Å². The van der Waals surface area contributed by atoms with Gasteiger partial charge in [-0.25, -0.2) is 4.98 Å². The number of alkyl halides is 3. The number of hydrogen-bond acceptors (Lipinski definition) is 3. The lowest BCUT2D eigenvalue weighted by molar-refractivity contribution is -0.141. The standard InChI is InChI=1S/C14H16F3N3/c1-10-5-3-2-4-8-20(10)13-11(9-18)6-7-12(19-13)14(15,16)17/h6-7,10H,2-5,8H2,1H3. The van der Waals surface area contributed by atoms with Crippen LogP contribution in [0, 0.1) is 11.3 Å². The second-order valence-electron chi connectivity index (χ2n) is 5.07. The Bertz CT molecular complexity index is 519. The van der Waals surface area contributed by atoms with Crippen molar-refractivity contribution >= 4 is 5.82 Å². The number of nitriles is 1. The molecule has 2 heterocycles. The fraction of sp³-hybridized carbons (Fsp3) is 0.571. The van der Waals surface area contributed by atoms with Gasteiger partial charge in [0, 0.05) is 12.6 Å². The molecular weight excluding hydrogens is 267 g/mol. The van der Waals surface area contributed by atoms with Crippen LogP contribution in [0.4, 0.5) is 19.0 Å². The molecule has 0 N–H and O–H groups in total. The Morgan fingerprint density at radius 2 is 2.05 bits per heavy atom. The summed E-state index contributed by atoms with van der Waals surface area (Å²) in [6.45, 7) is 2.61. The normalized spacial score (nSPS) is 20.4. The summed E-state index contributed by atoms with van der Waals surface area (Å²) in [4.78, 5) is 5.54. The minimum absolute atomic E-state index is 0.0978. The smallest absolute Gasteiger partial charge is 0.353 e. The van der Waals surface area contributed by atoms with Crippen molar-refractivity contribution in [3.8, 4) is 6.07 Å². The van der Waals surface area contributed by atoms with Crippen molar-refractivity contribution in [3.63, 3.8) is 0 Å². The summed E-state index contributed by atoms with van der Waals surface area (Å²) in [7, 11) is 0. The molecule has 6 heteroatoms. The number of nitrogens with zero attached hydrogens (tertiary/aromatic N) is 3. The molecule has 1 unspecified atom stereocenters. The van der Waals surface area contributed by atoms with Crippen LogP contribution in [0.25, 0.3) is 0 Å². The summed E-state index contributed by atoms with van der Waals surface area (Å²) >= 11 is 0. The van der Waals surface area contributed by atoms with Crippen molar-refractivity contribution in [1.29, 1.82) is 5.26 Å². The van der Waals surface area contributed by atoms with Gasteiger partial charge in [0.1, 0.15) is 17.6 Å². The molecule has 0 spiro atoms. The summed E-state index contributed by atoms with van der Waals surface area (Å²) in [6.07, 6.45) is -0.562. The van der Waals surface area contributed by atoms with E-state index in [1.807, 2.05) is 17.9 Å². The molecule has 1 atom stereocenters. The van der Waals surface area contributed by atoms with Crippen LogP contribution < -0.4 is 4.90 Å². The maximum atomic E-state index is 12.8. The van der Waals surface area contributed by atoms with Crippen molar-refractivity contribution in [3.05, 3.63) is 23.4 Å². The van der Waals surface area contributed by atoms with Crippen LogP contribution in [0.1, 0.15) is 43.9 Å². The van der Waals surface area contributed by atoms with Gasteiger partial charge < -0.3 is 4.90 Å². The maximum absolute atomic E-state index is 12.8. The molecule has 108 valence electrons. The molecule has 20 heavy (non-hydrogen) atoms. The molecule has 1 aliphatic heterocycles. The molecule has 0 radical (unpaired) electrons. The van der Waals surface area contributed by atoms with Gasteiger partial charge in [-0.05, 0) is 31.9 Å². The highest BCUT2D eigenvalue weighted by atomic mass is 19.4. The second-order valence-corrected chi connectivity index (χ2v) is 5.07. The number of rotatable bonds is 1. The van der Waals surface area contributed by atoms with Crippen LogP contribution in [0.2, 0.25) is 0 Å². The van der Waals surface area contributed by atoms with Crippen LogP contribution in [-0.2, 0) is 6.18 Å². The van der Waals surface area contributed by atoms with E-state index in [-0.39, 0.29) is 17.4 Å². The summed E-state index contributed by atoms with van der Waals surface area (Å²) in [5.41, 5.74) is -0.741. The molecule has 0 aromatic carbocycles. The van der Waals surface area contributed by atoms with E-state index in [1.54, 1.807) is 0 Å². The Labute approximate surface area is 116 Å². The van der Waals surface area contributed by atoms with Gasteiger partial charge in [-0.2, -0.15) is 18.4 Å². The first kappa shape index (κ1) is 14.6. The molecule has 0 aliphatic carbocycles. The summed E-state index contributed by atoms with van der Waals surface area (Å²) in [6, 6.07) is 4.12. The van der Waals surface area contributed by atoms with Crippen molar-refractivity contribution in [2.45, 2.75) is 44.8 Å². The highest BCUT2D eigenvalue weighted by Gasteiger charge is 2.34. The van der Waals surface area contributed by atoms with Gasteiger partial charge in [-0.3, -0.25) is 0 Å². The molecule has 2 rings (SSSR count). The van der Waals surface area contributed by atoms with Crippen molar-refractivity contribution in [1.82, 2.24) is 4.98 Å². The van der Waals surface area contributed by atoms with Gasteiger partial charge in [0.25, 0.3) is 0 Å². The third-order valence-electron chi connectivity index (χ3n) is 3.61. The minimum atomic E-state index is -4.49. The molecule has 3 nitrogen and oxygen atoms in total. The fourth-order valence-electron chi connectivity index (χ4n) is 2.50. The average molecular weight is 283 g/mol. The predicted molar refractivity (Wildman–Crippen MR) is 69.2 cm³/mol. The Morgan fingerprint density at radius 1 is 1.30 bits per heavy atom. The third kappa shape index (κ3) is 3.03. The van der Waals surface area contributed by atoms with Crippen molar-refractivity contribution in [2.24, 2.45) is 0 Å². The van der Waals surface area contributed by atoms with E-state index in [2.05, 4.69) is 4.98 Å². The van der Waals surface area contributed by atoms with Crippen LogP contribution in [0.3, 0.4) is 0 Å². The van der Waals surface area contributed by atoms with E-state index in [1.165, 1.54) is 6.07 Å². The van der Waals surface area contributed by atoms with E-state index in [0.717, 1.165) is 31.7 Å². The van der Waals surface area contributed by atoms with Gasteiger partial charge in [-0.1, -0.05) is 12.8 Å². The molecule has 1 saturated heterocycles. The zero-order valence-corrected chi connectivity index (χ0v) is 11.2. The van der Waals surface area contributed by atoms with Gasteiger partial charge in [-0.15, -0.1) is 0 Å². The Balaban J connectivity index is 2.44. The lowest BCUT2D eigenvalue weighted by Gasteiger charge is -2.29. The fourth-order valence-corrected chi connectivity index (χ4v) is 2.50. The van der Waals surface area contributed by atoms with Gasteiger partial charge in [0.05, 0.1) is 5.56 Å². The molecule has 0 bridgehead atoms. The molecule has 0 saturated carbocycles. The van der Waals surface area contributed by atoms with Crippen LogP contribution in [0.5, 0.6) is 0 Å². The zero-order chi connectivity index (χ0) is 14.8. The Kier molecular flexibility index (Phi) is 4.17. The molecular formula is C14H16F3N3. The highest BCUT2D eigenvalue weighted by molar-refractivity contribution is 5.55. The molecule has 1 aromatic heterocycles. The third-order valence-corrected chi connectivity index (χ3v) is 3.61. The first-order valence-corrected chi connectivity index (χ1v) is 6.68. The van der Waals surface area contributed by atoms with Crippen LogP contribution in [0.15, 0.2) is 12.1 Å². The molecule has 1 aliphatic rings. The average Bonchev–Trinajstić information content (AvgIpc) is 2.61. The number of halogens is 3. The van der Waals surface area contributed by atoms with E-state index >= 15 is 0 Å². The molecule has 1 fully saturated rings. The van der Waals surface area contributed by atoms with Gasteiger partial charge >= 0.3 is 6.18 Å². The molecule has 1 aromatic rings. The summed E-state index contributed by atoms with van der Waals surface area (Å²) < 4.78 is 38.4. The minimum Gasteiger partial charge on any atom is -0.353 e. The van der Waals surface area contributed by atoms with E-state index < -0.39 is 11.9 Å². The van der Waals surface area contributed by atoms with Crippen LogP contribution in [-0.4, -0.2) is 17.6 Å². The first-order chi connectivity index (χ1) is 9.43. The van der Waals surface area contributed by atoms with Crippen molar-refractivity contribution < 1.29 is 13.2 Å². The van der Waals surface area contributed by atoms with Crippen molar-refractivity contribution in [2.75, 3.05) is 11.4 Å². The first-order valence-electron chi connectivity index (χ1n) is 6.68. The Hall–Kier alpha value is -1.77.